The first kappa shape index (κ1) is 15.1. The highest BCUT2D eigenvalue weighted by Gasteiger charge is 2.17. The standard InChI is InChI=1S/C17H19N5OS/c1-2-12-9-15(23)22-17(20-12)24-16(21-22)18-10-13-8-7-11-5-3-4-6-14(11)19-13/h3-6,9,13,19H,2,7-8,10H2,1H3,(H,18,21)/t13-/m0/s1. The van der Waals surface area contributed by atoms with Crippen LogP contribution in [-0.2, 0) is 12.8 Å². The van der Waals surface area contributed by atoms with E-state index in [4.69, 9.17) is 0 Å². The molecule has 6 nitrogen and oxygen atoms in total. The van der Waals surface area contributed by atoms with E-state index in [0.717, 1.165) is 36.6 Å². The van der Waals surface area contributed by atoms with Crippen LogP contribution in [0.2, 0.25) is 0 Å². The Morgan fingerprint density at radius 3 is 3.17 bits per heavy atom. The van der Waals surface area contributed by atoms with Crippen molar-refractivity contribution in [1.82, 2.24) is 14.6 Å². The fourth-order valence-electron chi connectivity index (χ4n) is 2.97. The Hall–Kier alpha value is -2.41. The van der Waals surface area contributed by atoms with Gasteiger partial charge in [0.05, 0.1) is 0 Å². The summed E-state index contributed by atoms with van der Waals surface area (Å²) in [6, 6.07) is 10.3. The van der Waals surface area contributed by atoms with Crippen molar-refractivity contribution >= 4 is 27.1 Å². The molecular weight excluding hydrogens is 322 g/mol. The summed E-state index contributed by atoms with van der Waals surface area (Å²) in [5.74, 6) is 0. The topological polar surface area (TPSA) is 71.3 Å². The summed E-state index contributed by atoms with van der Waals surface area (Å²) in [5, 5.41) is 12.0. The summed E-state index contributed by atoms with van der Waals surface area (Å²) in [5.41, 5.74) is 3.27. The molecule has 0 saturated carbocycles. The lowest BCUT2D eigenvalue weighted by molar-refractivity contribution is 0.653. The monoisotopic (exact) mass is 341 g/mol. The largest absolute Gasteiger partial charge is 0.380 e. The minimum absolute atomic E-state index is 0.120. The van der Waals surface area contributed by atoms with Gasteiger partial charge in [0.15, 0.2) is 0 Å². The molecule has 3 heterocycles. The van der Waals surface area contributed by atoms with Gasteiger partial charge < -0.3 is 10.6 Å². The minimum atomic E-state index is -0.120. The fourth-order valence-corrected chi connectivity index (χ4v) is 3.80. The van der Waals surface area contributed by atoms with Crippen molar-refractivity contribution in [3.05, 3.63) is 51.9 Å². The summed E-state index contributed by atoms with van der Waals surface area (Å²) in [6.07, 6.45) is 2.90. The van der Waals surface area contributed by atoms with E-state index < -0.39 is 0 Å². The molecule has 2 N–H and O–H groups in total. The van der Waals surface area contributed by atoms with Crippen molar-refractivity contribution in [2.24, 2.45) is 0 Å². The third-order valence-corrected chi connectivity index (χ3v) is 5.17. The Kier molecular flexibility index (Phi) is 3.93. The Labute approximate surface area is 143 Å². The van der Waals surface area contributed by atoms with Crippen LogP contribution in [0.25, 0.3) is 4.96 Å². The highest BCUT2D eigenvalue weighted by atomic mass is 32.1. The van der Waals surface area contributed by atoms with E-state index in [1.165, 1.54) is 27.1 Å². The first-order chi connectivity index (χ1) is 11.7. The first-order valence-electron chi connectivity index (χ1n) is 8.21. The Bertz CT molecular complexity index is 932. The van der Waals surface area contributed by atoms with Crippen molar-refractivity contribution in [1.29, 1.82) is 0 Å². The van der Waals surface area contributed by atoms with Crippen LogP contribution in [0.15, 0.2) is 35.1 Å². The summed E-state index contributed by atoms with van der Waals surface area (Å²) < 4.78 is 1.37. The van der Waals surface area contributed by atoms with Gasteiger partial charge in [-0.15, -0.1) is 5.10 Å². The molecule has 0 aliphatic carbocycles. The average Bonchev–Trinajstić information content (AvgIpc) is 3.03. The van der Waals surface area contributed by atoms with E-state index >= 15 is 0 Å². The summed E-state index contributed by atoms with van der Waals surface area (Å²) in [4.78, 5) is 17.1. The summed E-state index contributed by atoms with van der Waals surface area (Å²) in [6.45, 7) is 2.76. The number of benzene rings is 1. The number of hydrogen-bond acceptors (Lipinski definition) is 6. The van der Waals surface area contributed by atoms with Crippen LogP contribution in [0.5, 0.6) is 0 Å². The van der Waals surface area contributed by atoms with E-state index in [1.807, 2.05) is 6.92 Å². The average molecular weight is 341 g/mol. The smallest absolute Gasteiger partial charge is 0.275 e. The molecule has 3 aromatic rings. The second-order valence-corrected chi connectivity index (χ2v) is 6.91. The van der Waals surface area contributed by atoms with Gasteiger partial charge in [-0.1, -0.05) is 36.5 Å². The molecule has 0 radical (unpaired) electrons. The van der Waals surface area contributed by atoms with E-state index in [-0.39, 0.29) is 5.56 Å². The van der Waals surface area contributed by atoms with Crippen molar-refractivity contribution in [2.45, 2.75) is 32.2 Å². The molecule has 1 atom stereocenters. The molecular formula is C17H19N5OS. The molecule has 1 aliphatic rings. The van der Waals surface area contributed by atoms with Crippen molar-refractivity contribution < 1.29 is 0 Å². The lowest BCUT2D eigenvalue weighted by atomic mass is 9.98. The lowest BCUT2D eigenvalue weighted by Crippen LogP contribution is -2.32. The molecule has 0 unspecified atom stereocenters. The highest BCUT2D eigenvalue weighted by molar-refractivity contribution is 7.20. The van der Waals surface area contributed by atoms with Crippen LogP contribution in [0, 0.1) is 0 Å². The van der Waals surface area contributed by atoms with E-state index in [9.17, 15) is 4.79 Å². The number of rotatable bonds is 4. The number of nitrogens with one attached hydrogen (secondary N) is 2. The maximum Gasteiger partial charge on any atom is 0.275 e. The number of aromatic nitrogens is 3. The van der Waals surface area contributed by atoms with Gasteiger partial charge in [0.25, 0.3) is 5.56 Å². The second-order valence-electron chi connectivity index (χ2n) is 5.96. The third kappa shape index (κ3) is 2.87. The predicted octanol–water partition coefficient (Wildman–Crippen LogP) is 2.55. The van der Waals surface area contributed by atoms with Crippen LogP contribution in [0.1, 0.15) is 24.6 Å². The third-order valence-electron chi connectivity index (χ3n) is 4.30. The molecule has 1 aromatic carbocycles. The number of fused-ring (bicyclic) bond motifs is 2. The van der Waals surface area contributed by atoms with Gasteiger partial charge in [0.1, 0.15) is 0 Å². The molecule has 7 heteroatoms. The molecule has 24 heavy (non-hydrogen) atoms. The Morgan fingerprint density at radius 1 is 1.42 bits per heavy atom. The minimum Gasteiger partial charge on any atom is -0.380 e. The second kappa shape index (κ2) is 6.24. The molecule has 0 fully saturated rings. The van der Waals surface area contributed by atoms with Gasteiger partial charge in [-0.2, -0.15) is 4.52 Å². The summed E-state index contributed by atoms with van der Waals surface area (Å²) in [7, 11) is 0. The van der Waals surface area contributed by atoms with E-state index in [2.05, 4.69) is 45.0 Å². The van der Waals surface area contributed by atoms with Crippen LogP contribution in [0.3, 0.4) is 0 Å². The number of aryl methyl sites for hydroxylation is 2. The zero-order chi connectivity index (χ0) is 16.5. The molecule has 0 amide bonds. The van der Waals surface area contributed by atoms with Crippen molar-refractivity contribution in [2.75, 3.05) is 17.2 Å². The number of nitrogens with zero attached hydrogens (tertiary/aromatic N) is 3. The molecule has 0 saturated heterocycles. The number of hydrogen-bond donors (Lipinski definition) is 2. The van der Waals surface area contributed by atoms with Crippen molar-refractivity contribution in [3.8, 4) is 0 Å². The molecule has 124 valence electrons. The van der Waals surface area contributed by atoms with E-state index in [0.29, 0.717) is 11.0 Å². The first-order valence-corrected chi connectivity index (χ1v) is 9.02. The number of anilines is 2. The molecule has 2 aromatic heterocycles. The normalized spacial score (nSPS) is 16.6. The van der Waals surface area contributed by atoms with Gasteiger partial charge in [0, 0.05) is 30.0 Å². The van der Waals surface area contributed by atoms with Gasteiger partial charge in [-0.05, 0) is 30.9 Å². The van der Waals surface area contributed by atoms with Gasteiger partial charge in [-0.25, -0.2) is 4.98 Å². The van der Waals surface area contributed by atoms with E-state index in [1.54, 1.807) is 6.07 Å². The van der Waals surface area contributed by atoms with Crippen LogP contribution >= 0.6 is 11.3 Å². The zero-order valence-electron chi connectivity index (χ0n) is 13.5. The van der Waals surface area contributed by atoms with Crippen LogP contribution in [0.4, 0.5) is 10.8 Å². The predicted molar refractivity (Wildman–Crippen MR) is 97.2 cm³/mol. The van der Waals surface area contributed by atoms with Crippen molar-refractivity contribution in [3.63, 3.8) is 0 Å². The van der Waals surface area contributed by atoms with Crippen LogP contribution < -0.4 is 16.2 Å². The maximum atomic E-state index is 12.0. The van der Waals surface area contributed by atoms with Gasteiger partial charge >= 0.3 is 0 Å². The fraction of sp³-hybridized carbons (Fsp3) is 0.353. The van der Waals surface area contributed by atoms with Crippen LogP contribution in [-0.4, -0.2) is 27.2 Å². The molecule has 4 rings (SSSR count). The molecule has 1 aliphatic heterocycles. The zero-order valence-corrected chi connectivity index (χ0v) is 14.3. The Morgan fingerprint density at radius 2 is 2.29 bits per heavy atom. The highest BCUT2D eigenvalue weighted by Crippen LogP contribution is 2.25. The summed E-state index contributed by atoms with van der Waals surface area (Å²) >= 11 is 1.42. The molecule has 0 bridgehead atoms. The maximum absolute atomic E-state index is 12.0. The number of para-hydroxylation sites is 1. The lowest BCUT2D eigenvalue weighted by Gasteiger charge is -2.27. The Balaban J connectivity index is 1.48. The molecule has 0 spiro atoms. The van der Waals surface area contributed by atoms with Gasteiger partial charge in [0.2, 0.25) is 10.1 Å². The van der Waals surface area contributed by atoms with Gasteiger partial charge in [-0.3, -0.25) is 4.79 Å². The quantitative estimate of drug-likeness (QED) is 0.763. The SMILES string of the molecule is CCc1cc(=O)n2nc(NC[C@@H]3CCc4ccccc4N3)sc2n1.